The summed E-state index contributed by atoms with van der Waals surface area (Å²) in [6, 6.07) is 13.1. The number of aryl methyl sites for hydroxylation is 2. The summed E-state index contributed by atoms with van der Waals surface area (Å²) in [7, 11) is 1.57. The van der Waals surface area contributed by atoms with Gasteiger partial charge >= 0.3 is 0 Å². The van der Waals surface area contributed by atoms with Gasteiger partial charge in [0, 0.05) is 5.69 Å². The normalized spacial score (nSPS) is 10.0. The maximum atomic E-state index is 12.0. The number of nitrogens with one attached hydrogen (secondary N) is 1. The van der Waals surface area contributed by atoms with E-state index in [4.69, 9.17) is 9.47 Å². The Balaban J connectivity index is 1.99. The van der Waals surface area contributed by atoms with Crippen LogP contribution < -0.4 is 14.8 Å². The molecule has 0 spiro atoms. The number of ether oxygens (including phenoxy) is 2. The van der Waals surface area contributed by atoms with Crippen molar-refractivity contribution in [2.45, 2.75) is 13.8 Å². The molecule has 4 heteroatoms. The summed E-state index contributed by atoms with van der Waals surface area (Å²) in [5.74, 6) is 0.965. The lowest BCUT2D eigenvalue weighted by Gasteiger charge is -2.13. The summed E-state index contributed by atoms with van der Waals surface area (Å²) in [5.41, 5.74) is 2.90. The monoisotopic (exact) mass is 285 g/mol. The summed E-state index contributed by atoms with van der Waals surface area (Å²) in [6.07, 6.45) is 0. The van der Waals surface area contributed by atoms with Gasteiger partial charge in [-0.3, -0.25) is 4.79 Å². The molecule has 1 amide bonds. The average Bonchev–Trinajstić information content (AvgIpc) is 2.49. The minimum Gasteiger partial charge on any atom is -0.493 e. The van der Waals surface area contributed by atoms with Gasteiger partial charge in [-0.05, 0) is 37.1 Å². The van der Waals surface area contributed by atoms with E-state index in [9.17, 15) is 4.79 Å². The molecule has 0 saturated carbocycles. The van der Waals surface area contributed by atoms with Crippen molar-refractivity contribution in [1.29, 1.82) is 0 Å². The Labute approximate surface area is 124 Å². The van der Waals surface area contributed by atoms with Gasteiger partial charge in [-0.25, -0.2) is 0 Å². The van der Waals surface area contributed by atoms with Crippen molar-refractivity contribution >= 4 is 11.6 Å². The van der Waals surface area contributed by atoms with Crippen molar-refractivity contribution in [2.24, 2.45) is 0 Å². The first-order valence-corrected chi connectivity index (χ1v) is 6.73. The number of amides is 1. The van der Waals surface area contributed by atoms with E-state index in [1.54, 1.807) is 19.2 Å². The molecule has 1 N–H and O–H groups in total. The minimum atomic E-state index is -0.196. The fraction of sp³-hybridized carbons (Fsp3) is 0.235. The first-order chi connectivity index (χ1) is 10.1. The molecule has 2 aromatic carbocycles. The number of para-hydroxylation sites is 3. The summed E-state index contributed by atoms with van der Waals surface area (Å²) in [6.45, 7) is 3.86. The summed E-state index contributed by atoms with van der Waals surface area (Å²) >= 11 is 0. The third-order valence-electron chi connectivity index (χ3n) is 3.17. The van der Waals surface area contributed by atoms with Crippen LogP contribution in [0.1, 0.15) is 11.1 Å². The second-order valence-corrected chi connectivity index (χ2v) is 4.75. The van der Waals surface area contributed by atoms with Gasteiger partial charge < -0.3 is 14.8 Å². The molecule has 0 aliphatic heterocycles. The first-order valence-electron chi connectivity index (χ1n) is 6.73. The highest BCUT2D eigenvalue weighted by Gasteiger charge is 2.09. The average molecular weight is 285 g/mol. The van der Waals surface area contributed by atoms with Crippen LogP contribution in [0.2, 0.25) is 0 Å². The van der Waals surface area contributed by atoms with Gasteiger partial charge in [-0.1, -0.05) is 30.3 Å². The van der Waals surface area contributed by atoms with Gasteiger partial charge in [0.2, 0.25) is 0 Å². The van der Waals surface area contributed by atoms with Crippen molar-refractivity contribution in [3.8, 4) is 11.5 Å². The van der Waals surface area contributed by atoms with Gasteiger partial charge in [-0.2, -0.15) is 0 Å². The SMILES string of the molecule is COc1ccccc1OCC(=O)Nc1c(C)cccc1C. The third kappa shape index (κ3) is 3.75. The third-order valence-corrected chi connectivity index (χ3v) is 3.17. The standard InChI is InChI=1S/C17H19NO3/c1-12-7-6-8-13(2)17(12)18-16(19)11-21-15-10-5-4-9-14(15)20-3/h4-10H,11H2,1-3H3,(H,18,19). The molecule has 0 bridgehead atoms. The van der Waals surface area contributed by atoms with E-state index in [1.165, 1.54) is 0 Å². The maximum absolute atomic E-state index is 12.0. The minimum absolute atomic E-state index is 0.0614. The van der Waals surface area contributed by atoms with E-state index in [0.717, 1.165) is 16.8 Å². The van der Waals surface area contributed by atoms with Crippen LogP contribution in [-0.2, 0) is 4.79 Å². The zero-order chi connectivity index (χ0) is 15.2. The topological polar surface area (TPSA) is 47.6 Å². The fourth-order valence-electron chi connectivity index (χ4n) is 2.07. The molecule has 0 atom stereocenters. The van der Waals surface area contributed by atoms with E-state index in [1.807, 2.05) is 44.2 Å². The van der Waals surface area contributed by atoms with Crippen LogP contribution in [0, 0.1) is 13.8 Å². The van der Waals surface area contributed by atoms with Crippen LogP contribution in [0.4, 0.5) is 5.69 Å². The van der Waals surface area contributed by atoms with Gasteiger partial charge in [0.1, 0.15) is 0 Å². The summed E-state index contributed by atoms with van der Waals surface area (Å²) in [5, 5.41) is 2.88. The number of anilines is 1. The van der Waals surface area contributed by atoms with Crippen molar-refractivity contribution in [2.75, 3.05) is 19.0 Å². The van der Waals surface area contributed by atoms with Crippen LogP contribution in [0.25, 0.3) is 0 Å². The molecule has 0 radical (unpaired) electrons. The predicted octanol–water partition coefficient (Wildman–Crippen LogP) is 3.33. The molecule has 0 unspecified atom stereocenters. The molecular formula is C17H19NO3. The highest BCUT2D eigenvalue weighted by Crippen LogP contribution is 2.25. The Morgan fingerprint density at radius 1 is 1.00 bits per heavy atom. The molecule has 21 heavy (non-hydrogen) atoms. The van der Waals surface area contributed by atoms with Crippen LogP contribution in [0.5, 0.6) is 11.5 Å². The number of benzene rings is 2. The summed E-state index contributed by atoms with van der Waals surface area (Å²) in [4.78, 5) is 12.0. The Morgan fingerprint density at radius 3 is 2.24 bits per heavy atom. The molecule has 110 valence electrons. The van der Waals surface area contributed by atoms with E-state index < -0.39 is 0 Å². The number of hydrogen-bond donors (Lipinski definition) is 1. The Kier molecular flexibility index (Phi) is 4.82. The number of methoxy groups -OCH3 is 1. The smallest absolute Gasteiger partial charge is 0.262 e. The van der Waals surface area contributed by atoms with Crippen molar-refractivity contribution in [3.05, 3.63) is 53.6 Å². The Hall–Kier alpha value is -2.49. The van der Waals surface area contributed by atoms with Crippen LogP contribution >= 0.6 is 0 Å². The van der Waals surface area contributed by atoms with E-state index in [2.05, 4.69) is 5.32 Å². The molecule has 0 heterocycles. The summed E-state index contributed by atoms with van der Waals surface area (Å²) < 4.78 is 10.7. The van der Waals surface area contributed by atoms with Gasteiger partial charge in [-0.15, -0.1) is 0 Å². The van der Waals surface area contributed by atoms with Crippen molar-refractivity contribution in [1.82, 2.24) is 0 Å². The molecule has 0 fully saturated rings. The van der Waals surface area contributed by atoms with E-state index >= 15 is 0 Å². The molecule has 0 saturated heterocycles. The maximum Gasteiger partial charge on any atom is 0.262 e. The first kappa shape index (κ1) is 14.9. The van der Waals surface area contributed by atoms with Crippen LogP contribution in [0.15, 0.2) is 42.5 Å². The second kappa shape index (κ2) is 6.79. The van der Waals surface area contributed by atoms with E-state index in [-0.39, 0.29) is 12.5 Å². The molecular weight excluding hydrogens is 266 g/mol. The second-order valence-electron chi connectivity index (χ2n) is 4.75. The lowest BCUT2D eigenvalue weighted by molar-refractivity contribution is -0.118. The molecule has 4 nitrogen and oxygen atoms in total. The van der Waals surface area contributed by atoms with Crippen LogP contribution in [-0.4, -0.2) is 19.6 Å². The number of carbonyl (C=O) groups excluding carboxylic acids is 1. The molecule has 2 aromatic rings. The fourth-order valence-corrected chi connectivity index (χ4v) is 2.07. The highest BCUT2D eigenvalue weighted by atomic mass is 16.5. The largest absolute Gasteiger partial charge is 0.493 e. The molecule has 2 rings (SSSR count). The quantitative estimate of drug-likeness (QED) is 0.916. The number of rotatable bonds is 5. The zero-order valence-corrected chi connectivity index (χ0v) is 12.5. The van der Waals surface area contributed by atoms with Crippen LogP contribution in [0.3, 0.4) is 0 Å². The number of hydrogen-bond acceptors (Lipinski definition) is 3. The number of carbonyl (C=O) groups is 1. The predicted molar refractivity (Wildman–Crippen MR) is 83.0 cm³/mol. The highest BCUT2D eigenvalue weighted by molar-refractivity contribution is 5.93. The zero-order valence-electron chi connectivity index (χ0n) is 12.5. The Bertz CT molecular complexity index is 617. The molecule has 0 aliphatic carbocycles. The molecule has 0 aromatic heterocycles. The van der Waals surface area contributed by atoms with Gasteiger partial charge in [0.25, 0.3) is 5.91 Å². The lowest BCUT2D eigenvalue weighted by atomic mass is 10.1. The van der Waals surface area contributed by atoms with E-state index in [0.29, 0.717) is 11.5 Å². The van der Waals surface area contributed by atoms with Crippen molar-refractivity contribution in [3.63, 3.8) is 0 Å². The van der Waals surface area contributed by atoms with Crippen molar-refractivity contribution < 1.29 is 14.3 Å². The lowest BCUT2D eigenvalue weighted by Crippen LogP contribution is -2.21. The Morgan fingerprint density at radius 2 is 1.62 bits per heavy atom. The van der Waals surface area contributed by atoms with Gasteiger partial charge in [0.05, 0.1) is 7.11 Å². The van der Waals surface area contributed by atoms with Gasteiger partial charge in [0.15, 0.2) is 18.1 Å². The molecule has 0 aliphatic rings.